The Morgan fingerprint density at radius 3 is 2.19 bits per heavy atom. The topological polar surface area (TPSA) is 137 Å². The molecule has 1 saturated heterocycles. The summed E-state index contributed by atoms with van der Waals surface area (Å²) in [7, 11) is 0.899. The summed E-state index contributed by atoms with van der Waals surface area (Å²) in [5, 5.41) is 17.1. The first kappa shape index (κ1) is 39.0. The summed E-state index contributed by atoms with van der Waals surface area (Å²) >= 11 is 0. The van der Waals surface area contributed by atoms with E-state index in [0.29, 0.717) is 62.0 Å². The third-order valence-corrected chi connectivity index (χ3v) is 17.0. The minimum absolute atomic E-state index is 0.0345. The average Bonchev–Trinajstić information content (AvgIpc) is 3.61. The minimum Gasteiger partial charge on any atom is -0.508 e. The summed E-state index contributed by atoms with van der Waals surface area (Å²) in [4.78, 5) is 39.9. The molecule has 2 aromatic heterocycles. The number of aliphatic hydroxyl groups excluding tert-OH is 1. The molecule has 1 unspecified atom stereocenters. The number of nitrogens with zero attached hydrogens (tertiary/aromatic N) is 4. The van der Waals surface area contributed by atoms with Crippen LogP contribution in [0.15, 0.2) is 82.7 Å². The number of carbonyl (C=O) groups excluding carboxylic acids is 2. The van der Waals surface area contributed by atoms with Crippen molar-refractivity contribution in [2.45, 2.75) is 76.6 Å². The minimum atomic E-state index is -2.90. The van der Waals surface area contributed by atoms with Crippen LogP contribution in [0.5, 0.6) is 11.6 Å². The fourth-order valence-corrected chi connectivity index (χ4v) is 10.2. The fraction of sp³-hybridized carbons (Fsp3) is 0.455. The zero-order valence-electron chi connectivity index (χ0n) is 33.8. The van der Waals surface area contributed by atoms with Gasteiger partial charge in [0.25, 0.3) is 5.88 Å². The van der Waals surface area contributed by atoms with Crippen molar-refractivity contribution in [2.75, 3.05) is 45.3 Å². The van der Waals surface area contributed by atoms with Crippen LogP contribution in [-0.4, -0.2) is 86.0 Å². The van der Waals surface area contributed by atoms with Crippen molar-refractivity contribution in [3.05, 3.63) is 112 Å². The number of morpholine rings is 1. The summed E-state index contributed by atoms with van der Waals surface area (Å²) in [5.74, 6) is -0.942. The van der Waals surface area contributed by atoms with E-state index in [2.05, 4.69) is 43.9 Å². The van der Waals surface area contributed by atoms with Crippen molar-refractivity contribution in [1.82, 2.24) is 15.0 Å². The number of ketones is 2. The number of aliphatic hydroxyl groups is 1. The Hall–Kier alpha value is -4.82. The number of fused-ring (bicyclic) bond motifs is 4. The van der Waals surface area contributed by atoms with Crippen LogP contribution in [0.2, 0.25) is 18.1 Å². The molecule has 1 aliphatic heterocycles. The zero-order chi connectivity index (χ0) is 40.3. The van der Waals surface area contributed by atoms with Crippen LogP contribution in [0, 0.1) is 11.8 Å². The second-order valence-corrected chi connectivity index (χ2v) is 22.0. The molecule has 4 atom stereocenters. The number of allylic oxidation sites excluding steroid dienone is 1. The van der Waals surface area contributed by atoms with E-state index in [9.17, 15) is 5.11 Å². The number of anilines is 1. The lowest BCUT2D eigenvalue weighted by atomic mass is 9.58. The van der Waals surface area contributed by atoms with Crippen molar-refractivity contribution >= 4 is 25.7 Å². The van der Waals surface area contributed by atoms with Crippen molar-refractivity contribution in [3.8, 4) is 11.6 Å². The molecule has 13 heteroatoms. The number of hydrogen-bond acceptors (Lipinski definition) is 12. The number of carbonyl (C=O) groups is 2. The normalized spacial score (nSPS) is 23.7. The second-order valence-electron chi connectivity index (χ2n) is 17.3. The molecule has 12 nitrogen and oxygen atoms in total. The van der Waals surface area contributed by atoms with Gasteiger partial charge in [-0.25, -0.2) is 4.98 Å². The number of benzene rings is 2. The predicted molar refractivity (Wildman–Crippen MR) is 216 cm³/mol. The molecule has 8 rings (SSSR count). The molecule has 0 spiro atoms. The molecule has 1 N–H and O–H groups in total. The highest BCUT2D eigenvalue weighted by atomic mass is 28.4. The molecular formula is C44H52N4O8Si. The number of ether oxygens (including phenoxy) is 3. The molecule has 57 heavy (non-hydrogen) atoms. The summed E-state index contributed by atoms with van der Waals surface area (Å²) in [5.41, 5.74) is 1.30. The number of rotatable bonds is 10. The number of hydrogen-bond donors (Lipinski definition) is 1. The van der Waals surface area contributed by atoms with Crippen LogP contribution in [0.3, 0.4) is 0 Å². The Balaban J connectivity index is 1.32. The van der Waals surface area contributed by atoms with E-state index in [1.807, 2.05) is 79.7 Å². The van der Waals surface area contributed by atoms with Gasteiger partial charge in [0.15, 0.2) is 25.5 Å². The van der Waals surface area contributed by atoms with Crippen molar-refractivity contribution in [1.29, 1.82) is 0 Å². The predicted octanol–water partition coefficient (Wildman–Crippen LogP) is 7.51. The fourth-order valence-electron chi connectivity index (χ4n) is 8.73. The Morgan fingerprint density at radius 2 is 1.58 bits per heavy atom. The molecule has 0 bridgehead atoms. The highest BCUT2D eigenvalue weighted by molar-refractivity contribution is 6.74. The Labute approximate surface area is 334 Å². The third-order valence-electron chi connectivity index (χ3n) is 12.6. The maximum absolute atomic E-state index is 15.7. The smallest absolute Gasteiger partial charge is 0.265 e. The Bertz CT molecular complexity index is 2190. The average molecular weight is 793 g/mol. The molecule has 3 aliphatic carbocycles. The molecule has 0 saturated carbocycles. The number of pyridine rings is 1. The highest BCUT2D eigenvalue weighted by Gasteiger charge is 2.67. The molecule has 4 aliphatic rings. The Morgan fingerprint density at radius 1 is 0.947 bits per heavy atom. The number of Topliss-reactive ketones (excluding diaryl/α,β-unsaturated/α-hetero) is 2. The monoisotopic (exact) mass is 792 g/mol. The molecule has 0 amide bonds. The van der Waals surface area contributed by atoms with Gasteiger partial charge in [-0.1, -0.05) is 81.4 Å². The van der Waals surface area contributed by atoms with Gasteiger partial charge >= 0.3 is 0 Å². The van der Waals surface area contributed by atoms with Crippen LogP contribution < -0.4 is 14.4 Å². The van der Waals surface area contributed by atoms with E-state index in [1.54, 1.807) is 6.20 Å². The van der Waals surface area contributed by atoms with Gasteiger partial charge in [0.2, 0.25) is 5.78 Å². The van der Waals surface area contributed by atoms with Crippen LogP contribution in [0.4, 0.5) is 5.82 Å². The second kappa shape index (κ2) is 14.8. The van der Waals surface area contributed by atoms with E-state index in [1.165, 1.54) is 0 Å². The van der Waals surface area contributed by atoms with Gasteiger partial charge < -0.3 is 33.2 Å². The van der Waals surface area contributed by atoms with Crippen molar-refractivity contribution < 1.29 is 37.9 Å². The summed E-state index contributed by atoms with van der Waals surface area (Å²) < 4.78 is 32.0. The van der Waals surface area contributed by atoms with Gasteiger partial charge in [-0.15, -0.1) is 0 Å². The van der Waals surface area contributed by atoms with Gasteiger partial charge in [0.1, 0.15) is 36.1 Å². The van der Waals surface area contributed by atoms with E-state index >= 15 is 9.59 Å². The SMILES string of the molecule is CN(C)c1ncc(OCc2ccccc2)c2c1C[C@H]1C[C@H]3[C@H](N4CCOCC4)c4onc(OCc5ccccc5)c4C(=O)C3(O[Si](C)(C)C(C)(C)C)C(O)=C1C2=O. The van der Waals surface area contributed by atoms with Crippen LogP contribution in [0.1, 0.15) is 76.4 Å². The maximum Gasteiger partial charge on any atom is 0.265 e. The highest BCUT2D eigenvalue weighted by Crippen LogP contribution is 2.60. The van der Waals surface area contributed by atoms with Crippen LogP contribution in [0.25, 0.3) is 0 Å². The van der Waals surface area contributed by atoms with Crippen molar-refractivity contribution in [2.24, 2.45) is 11.8 Å². The molecule has 0 radical (unpaired) electrons. The summed E-state index contributed by atoms with van der Waals surface area (Å²) in [6.45, 7) is 12.9. The Kier molecular flexibility index (Phi) is 10.2. The van der Waals surface area contributed by atoms with E-state index in [0.717, 1.165) is 16.7 Å². The van der Waals surface area contributed by atoms with Crippen LogP contribution >= 0.6 is 0 Å². The van der Waals surface area contributed by atoms with Crippen LogP contribution in [-0.2, 0) is 28.8 Å². The standard InChI is InChI=1S/C44H52N4O8Si/c1-43(2,3)57(6,7)56-44-31(36(48-18-20-52-21-19-48)38-35(40(44)51)42(46-55-38)54-26-28-16-12-9-13-17-28)23-29-22-30-34(37(49)33(29)39(44)50)32(24-45-41(30)47(4)5)53-25-27-14-10-8-11-15-27/h8-17,24,29,31,36,50H,18-23,25-26H2,1-7H3/t29-,31-,36-,44?/m0/s1. The lowest BCUT2D eigenvalue weighted by Gasteiger charge is -2.56. The van der Waals surface area contributed by atoms with E-state index in [-0.39, 0.29) is 41.0 Å². The van der Waals surface area contributed by atoms with Gasteiger partial charge in [0, 0.05) is 44.2 Å². The summed E-state index contributed by atoms with van der Waals surface area (Å²) in [6.07, 6.45) is 2.34. The van der Waals surface area contributed by atoms with Gasteiger partial charge in [-0.2, -0.15) is 0 Å². The zero-order valence-corrected chi connectivity index (χ0v) is 34.8. The molecule has 2 aromatic carbocycles. The first-order chi connectivity index (χ1) is 27.2. The van der Waals surface area contributed by atoms with E-state index in [4.69, 9.17) is 28.1 Å². The molecular weight excluding hydrogens is 741 g/mol. The van der Waals surface area contributed by atoms with Gasteiger partial charge in [0.05, 0.1) is 31.0 Å². The molecule has 300 valence electrons. The number of aromatic nitrogens is 2. The third kappa shape index (κ3) is 6.67. The van der Waals surface area contributed by atoms with E-state index < -0.39 is 43.4 Å². The lowest BCUT2D eigenvalue weighted by Crippen LogP contribution is -2.65. The maximum atomic E-state index is 15.7. The first-order valence-corrected chi connectivity index (χ1v) is 22.7. The molecule has 1 fully saturated rings. The largest absolute Gasteiger partial charge is 0.508 e. The quantitative estimate of drug-likeness (QED) is 0.159. The molecule has 3 heterocycles. The summed E-state index contributed by atoms with van der Waals surface area (Å²) in [6, 6.07) is 18.8. The lowest BCUT2D eigenvalue weighted by molar-refractivity contribution is -0.0749. The van der Waals surface area contributed by atoms with Crippen molar-refractivity contribution in [3.63, 3.8) is 0 Å². The van der Waals surface area contributed by atoms with Gasteiger partial charge in [-0.05, 0) is 53.2 Å². The van der Waals surface area contributed by atoms with Gasteiger partial charge in [-0.3, -0.25) is 14.5 Å². The molecule has 4 aromatic rings. The first-order valence-electron chi connectivity index (χ1n) is 19.8.